The van der Waals surface area contributed by atoms with E-state index in [2.05, 4.69) is 34.5 Å². The highest BCUT2D eigenvalue weighted by Crippen LogP contribution is 2.15. The van der Waals surface area contributed by atoms with E-state index in [4.69, 9.17) is 0 Å². The van der Waals surface area contributed by atoms with E-state index in [0.29, 0.717) is 6.04 Å². The van der Waals surface area contributed by atoms with Crippen LogP contribution in [0.1, 0.15) is 24.0 Å². The highest BCUT2D eigenvalue weighted by molar-refractivity contribution is 5.16. The number of hydrogen-bond donors (Lipinski definition) is 1. The molecular weight excluding hydrogens is 275 g/mol. The maximum absolute atomic E-state index is 13.3. The highest BCUT2D eigenvalue weighted by Gasteiger charge is 2.19. The molecule has 1 heterocycles. The quantitative estimate of drug-likeness (QED) is 0.907. The molecule has 1 fully saturated rings. The van der Waals surface area contributed by atoms with Crippen LogP contribution in [-0.2, 0) is 13.1 Å². The van der Waals surface area contributed by atoms with E-state index < -0.39 is 0 Å². The van der Waals surface area contributed by atoms with Gasteiger partial charge in [0.15, 0.2) is 0 Å². The molecule has 2 nitrogen and oxygen atoms in total. The molecule has 1 aliphatic rings. The summed E-state index contributed by atoms with van der Waals surface area (Å²) in [4.78, 5) is 2.42. The predicted octanol–water partition coefficient (Wildman–Crippen LogP) is 3.58. The summed E-state index contributed by atoms with van der Waals surface area (Å²) in [5, 5.41) is 3.65. The predicted molar refractivity (Wildman–Crippen MR) is 88.0 cm³/mol. The van der Waals surface area contributed by atoms with Gasteiger partial charge in [0.25, 0.3) is 0 Å². The van der Waals surface area contributed by atoms with Crippen molar-refractivity contribution < 1.29 is 4.39 Å². The molecule has 0 spiro atoms. The zero-order chi connectivity index (χ0) is 15.2. The van der Waals surface area contributed by atoms with E-state index in [9.17, 15) is 4.39 Å². The van der Waals surface area contributed by atoms with Crippen molar-refractivity contribution in [3.8, 4) is 0 Å². The van der Waals surface area contributed by atoms with Crippen molar-refractivity contribution in [2.24, 2.45) is 0 Å². The summed E-state index contributed by atoms with van der Waals surface area (Å²) < 4.78 is 13.3. The summed E-state index contributed by atoms with van der Waals surface area (Å²) in [5.74, 6) is -0.145. The molecule has 3 rings (SSSR count). The molecule has 2 aromatic rings. The molecule has 116 valence electrons. The largest absolute Gasteiger partial charge is 0.309 e. The van der Waals surface area contributed by atoms with Crippen LogP contribution >= 0.6 is 0 Å². The first-order valence-corrected chi connectivity index (χ1v) is 8.04. The summed E-state index contributed by atoms with van der Waals surface area (Å²) >= 11 is 0. The third-order valence-electron chi connectivity index (χ3n) is 4.24. The third-order valence-corrected chi connectivity index (χ3v) is 4.24. The Morgan fingerprint density at radius 3 is 2.68 bits per heavy atom. The van der Waals surface area contributed by atoms with E-state index in [1.165, 1.54) is 24.5 Å². The molecule has 0 bridgehead atoms. The lowest BCUT2D eigenvalue weighted by molar-refractivity contribution is 0.182. The van der Waals surface area contributed by atoms with Crippen LogP contribution in [0.5, 0.6) is 0 Å². The molecule has 1 N–H and O–H groups in total. The van der Waals surface area contributed by atoms with Crippen molar-refractivity contribution in [3.63, 3.8) is 0 Å². The van der Waals surface area contributed by atoms with Crippen molar-refractivity contribution in [2.75, 3.05) is 13.1 Å². The first kappa shape index (κ1) is 15.2. The number of likely N-dealkylation sites (tertiary alicyclic amines) is 1. The summed E-state index contributed by atoms with van der Waals surface area (Å²) in [6.07, 6.45) is 2.41. The molecule has 0 amide bonds. The SMILES string of the molecule is Fc1cccc(CN2CCC[C@@H](NCc3ccccc3)C2)c1. The Labute approximate surface area is 132 Å². The minimum Gasteiger partial charge on any atom is -0.309 e. The maximum atomic E-state index is 13.3. The van der Waals surface area contributed by atoms with Crippen molar-refractivity contribution in [3.05, 3.63) is 71.5 Å². The van der Waals surface area contributed by atoms with E-state index >= 15 is 0 Å². The Kier molecular flexibility index (Phi) is 5.20. The van der Waals surface area contributed by atoms with Gasteiger partial charge in [-0.2, -0.15) is 0 Å². The van der Waals surface area contributed by atoms with Gasteiger partial charge in [0, 0.05) is 25.7 Å². The molecule has 1 saturated heterocycles. The first-order chi connectivity index (χ1) is 10.8. The second-order valence-corrected chi connectivity index (χ2v) is 6.07. The standard InChI is InChI=1S/C19H23FN2/c20-18-9-4-8-17(12-18)14-22-11-5-10-19(15-22)21-13-16-6-2-1-3-7-16/h1-4,6-9,12,19,21H,5,10-11,13-15H2/t19-/m1/s1. The number of piperidine rings is 1. The van der Waals surface area contributed by atoms with Gasteiger partial charge in [-0.15, -0.1) is 0 Å². The average molecular weight is 298 g/mol. The zero-order valence-electron chi connectivity index (χ0n) is 12.8. The summed E-state index contributed by atoms with van der Waals surface area (Å²) in [6, 6.07) is 18.0. The van der Waals surface area contributed by atoms with E-state index in [-0.39, 0.29) is 5.82 Å². The van der Waals surface area contributed by atoms with Gasteiger partial charge in [-0.05, 0) is 42.6 Å². The molecule has 22 heavy (non-hydrogen) atoms. The molecule has 2 aromatic carbocycles. The van der Waals surface area contributed by atoms with Gasteiger partial charge in [-0.25, -0.2) is 4.39 Å². The monoisotopic (exact) mass is 298 g/mol. The Morgan fingerprint density at radius 1 is 1.05 bits per heavy atom. The van der Waals surface area contributed by atoms with Crippen LogP contribution in [0.3, 0.4) is 0 Å². The third kappa shape index (κ3) is 4.39. The zero-order valence-corrected chi connectivity index (χ0v) is 12.8. The van der Waals surface area contributed by atoms with Crippen molar-refractivity contribution in [1.82, 2.24) is 10.2 Å². The summed E-state index contributed by atoms with van der Waals surface area (Å²) in [6.45, 7) is 3.88. The minimum absolute atomic E-state index is 0.145. The van der Waals surface area contributed by atoms with Crippen LogP contribution in [-0.4, -0.2) is 24.0 Å². The lowest BCUT2D eigenvalue weighted by Crippen LogP contribution is -2.45. The van der Waals surface area contributed by atoms with Gasteiger partial charge in [-0.1, -0.05) is 42.5 Å². The number of halogens is 1. The molecule has 3 heteroatoms. The van der Waals surface area contributed by atoms with Crippen LogP contribution in [0, 0.1) is 5.82 Å². The smallest absolute Gasteiger partial charge is 0.123 e. The Hall–Kier alpha value is -1.71. The van der Waals surface area contributed by atoms with Crippen LogP contribution in [0.4, 0.5) is 4.39 Å². The summed E-state index contributed by atoms with van der Waals surface area (Å²) in [7, 11) is 0. The fourth-order valence-electron chi connectivity index (χ4n) is 3.12. The number of nitrogens with one attached hydrogen (secondary N) is 1. The molecule has 0 unspecified atom stereocenters. The van der Waals surface area contributed by atoms with Gasteiger partial charge in [0.1, 0.15) is 5.82 Å². The number of benzene rings is 2. The lowest BCUT2D eigenvalue weighted by atomic mass is 10.0. The van der Waals surface area contributed by atoms with Crippen molar-refractivity contribution in [2.45, 2.75) is 32.0 Å². The fourth-order valence-corrected chi connectivity index (χ4v) is 3.12. The van der Waals surface area contributed by atoms with Gasteiger partial charge >= 0.3 is 0 Å². The minimum atomic E-state index is -0.145. The van der Waals surface area contributed by atoms with E-state index in [1.54, 1.807) is 12.1 Å². The molecule has 0 aromatic heterocycles. The van der Waals surface area contributed by atoms with Crippen molar-refractivity contribution >= 4 is 0 Å². The Bertz CT molecular complexity index is 585. The molecule has 0 saturated carbocycles. The second kappa shape index (κ2) is 7.52. The van der Waals surface area contributed by atoms with Gasteiger partial charge in [0.2, 0.25) is 0 Å². The molecule has 0 radical (unpaired) electrons. The van der Waals surface area contributed by atoms with Gasteiger partial charge < -0.3 is 5.32 Å². The fraction of sp³-hybridized carbons (Fsp3) is 0.368. The molecule has 1 aliphatic heterocycles. The van der Waals surface area contributed by atoms with Crippen LogP contribution in [0.2, 0.25) is 0 Å². The van der Waals surface area contributed by atoms with Crippen molar-refractivity contribution in [1.29, 1.82) is 0 Å². The second-order valence-electron chi connectivity index (χ2n) is 6.07. The number of nitrogens with zero attached hydrogens (tertiary/aromatic N) is 1. The Morgan fingerprint density at radius 2 is 1.86 bits per heavy atom. The van der Waals surface area contributed by atoms with Gasteiger partial charge in [-0.3, -0.25) is 4.90 Å². The van der Waals surface area contributed by atoms with E-state index in [0.717, 1.165) is 31.7 Å². The first-order valence-electron chi connectivity index (χ1n) is 8.04. The highest BCUT2D eigenvalue weighted by atomic mass is 19.1. The topological polar surface area (TPSA) is 15.3 Å². The molecule has 0 aliphatic carbocycles. The van der Waals surface area contributed by atoms with Crippen LogP contribution < -0.4 is 5.32 Å². The lowest BCUT2D eigenvalue weighted by Gasteiger charge is -2.33. The normalized spacial score (nSPS) is 19.2. The van der Waals surface area contributed by atoms with Gasteiger partial charge in [0.05, 0.1) is 0 Å². The van der Waals surface area contributed by atoms with E-state index in [1.807, 2.05) is 12.1 Å². The van der Waals surface area contributed by atoms with Crippen LogP contribution in [0.15, 0.2) is 54.6 Å². The maximum Gasteiger partial charge on any atom is 0.123 e. The Balaban J connectivity index is 1.51. The van der Waals surface area contributed by atoms with Crippen LogP contribution in [0.25, 0.3) is 0 Å². The number of hydrogen-bond acceptors (Lipinski definition) is 2. The summed E-state index contributed by atoms with van der Waals surface area (Å²) in [5.41, 5.74) is 2.38. The molecular formula is C19H23FN2. The average Bonchev–Trinajstić information content (AvgIpc) is 2.54. The number of rotatable bonds is 5. The molecule has 1 atom stereocenters.